The summed E-state index contributed by atoms with van der Waals surface area (Å²) in [5.74, 6) is -2.80. The van der Waals surface area contributed by atoms with Gasteiger partial charge < -0.3 is 29.2 Å². The first-order chi connectivity index (χ1) is 56.6. The number of fused-ring (bicyclic) bond motifs is 4. The number of nitrogens with zero attached hydrogens (tertiary/aromatic N) is 9. The SMILES string of the molecule is CCc1cccc(CC)c1-n1nc2c(c1-c1ccc(F)c3c1ccn3C(=O)OCOC(=O)c1ccc(C=O)cc1)CN(Cc1ccc(C(F)(F)F)cc1C)C2(C)C.CCc1cccc(CC)c1-n1nc2c(c1-c1ccc(F)c3c1ccn3C(=O)OCOC(=O)c1ccc(CN(C)C)cc1)CN(Cc1ccc(C(F)(F)F)cc1C)C2(C)C.CNC. The van der Waals surface area contributed by atoms with Crippen LogP contribution in [0.25, 0.3) is 55.7 Å². The van der Waals surface area contributed by atoms with Crippen LogP contribution in [0.4, 0.5) is 44.7 Å². The van der Waals surface area contributed by atoms with E-state index in [2.05, 4.69) is 67.1 Å². The van der Waals surface area contributed by atoms with E-state index in [0.717, 1.165) is 113 Å². The van der Waals surface area contributed by atoms with Gasteiger partial charge in [-0.15, -0.1) is 0 Å². The number of alkyl halides is 6. The summed E-state index contributed by atoms with van der Waals surface area (Å²) >= 11 is 0. The molecule has 0 unspecified atom stereocenters. The number of halogens is 8. The van der Waals surface area contributed by atoms with Crippen molar-refractivity contribution in [3.05, 3.63) is 282 Å². The standard InChI is InChI=1S/C46H47F4N5O4.C44H40F4N4O5.C2H7N/c1-8-30-11-10-12-31(9-2)39(30)55-40(37-26-53(45(4,5)42(37)51-55)25-33-17-18-34(23-28(33)3)46(48,49)50)35-19-20-38(47)41-36(35)21-22-54(41)44(57)59-27-58-43(56)32-15-13-29(14-16-32)24-52(6)7;1-6-28-9-8-10-29(7-2)37(28)52-38(35-23-50(43(4,5)40(35)49-52)22-31-15-16-32(21-26(31)3)44(46,47)48)33-17-18-36(45)39-34(33)19-20-51(39)42(55)57-25-56-41(54)30-13-11-27(24-53)12-14-30;1-3-2/h10-23H,8-9,24-27H2,1-7H3;8-21,24H,6-7,22-23,25H2,1-5H3;3H,1-2H3. The summed E-state index contributed by atoms with van der Waals surface area (Å²) in [5, 5.41) is 14.2. The minimum Gasteiger partial charge on any atom is -0.424 e. The molecule has 12 aromatic rings. The topological polar surface area (TPSA) is 190 Å². The van der Waals surface area contributed by atoms with Gasteiger partial charge in [0.1, 0.15) is 17.9 Å². The molecule has 19 nitrogen and oxygen atoms in total. The highest BCUT2D eigenvalue weighted by atomic mass is 19.4. The summed E-state index contributed by atoms with van der Waals surface area (Å²) in [6.07, 6.45) is -4.48. The molecule has 0 radical (unpaired) electrons. The third-order valence-corrected chi connectivity index (χ3v) is 22.0. The van der Waals surface area contributed by atoms with E-state index in [9.17, 15) is 50.3 Å². The van der Waals surface area contributed by atoms with E-state index in [-0.39, 0.29) is 16.6 Å². The van der Waals surface area contributed by atoms with Gasteiger partial charge in [0.05, 0.1) is 78.5 Å². The maximum atomic E-state index is 15.9. The van der Waals surface area contributed by atoms with Crippen molar-refractivity contribution in [2.45, 2.75) is 151 Å². The molecule has 0 aliphatic carbocycles. The highest BCUT2D eigenvalue weighted by molar-refractivity contribution is 6.02. The molecule has 0 saturated heterocycles. The molecule has 6 heterocycles. The van der Waals surface area contributed by atoms with Crippen LogP contribution in [0.1, 0.15) is 170 Å². The predicted molar refractivity (Wildman–Crippen MR) is 438 cm³/mol. The van der Waals surface area contributed by atoms with Crippen LogP contribution in [0, 0.1) is 25.5 Å². The zero-order chi connectivity index (χ0) is 85.9. The zero-order valence-electron chi connectivity index (χ0n) is 68.7. The second-order valence-corrected chi connectivity index (χ2v) is 30.7. The number of carbonyl (C=O) groups excluding carboxylic acids is 5. The van der Waals surface area contributed by atoms with E-state index in [1.165, 1.54) is 73.1 Å². The molecular weight excluding hydrogens is 1540 g/mol. The van der Waals surface area contributed by atoms with E-state index < -0.39 is 83.9 Å². The number of benzene rings is 8. The third-order valence-electron chi connectivity index (χ3n) is 22.0. The van der Waals surface area contributed by atoms with Crippen molar-refractivity contribution in [3.63, 3.8) is 0 Å². The Kier molecular flexibility index (Phi) is 25.7. The zero-order valence-corrected chi connectivity index (χ0v) is 68.7. The molecule has 2 aliphatic heterocycles. The Morgan fingerprint density at radius 3 is 1.21 bits per heavy atom. The molecule has 622 valence electrons. The Hall–Kier alpha value is -11.9. The maximum absolute atomic E-state index is 15.9. The van der Waals surface area contributed by atoms with Crippen molar-refractivity contribution >= 4 is 52.2 Å². The lowest BCUT2D eigenvalue weighted by molar-refractivity contribution is -0.138. The van der Waals surface area contributed by atoms with Gasteiger partial charge in [0.2, 0.25) is 13.6 Å². The highest BCUT2D eigenvalue weighted by Crippen LogP contribution is 2.50. The molecule has 8 aromatic carbocycles. The number of aldehydes is 1. The molecule has 0 amide bonds. The maximum Gasteiger partial charge on any atom is 0.421 e. The first kappa shape index (κ1) is 86.4. The van der Waals surface area contributed by atoms with Gasteiger partial charge in [-0.25, -0.2) is 46.5 Å². The lowest BCUT2D eigenvalue weighted by Gasteiger charge is -2.32. The lowest BCUT2D eigenvalue weighted by Crippen LogP contribution is -2.36. The van der Waals surface area contributed by atoms with Gasteiger partial charge in [-0.05, 0) is 230 Å². The summed E-state index contributed by atoms with van der Waals surface area (Å²) in [5.41, 5.74) is 13.7. The number of hydrogen-bond acceptors (Lipinski definition) is 15. The Morgan fingerprint density at radius 2 is 0.874 bits per heavy atom. The lowest BCUT2D eigenvalue weighted by atomic mass is 9.96. The van der Waals surface area contributed by atoms with Crippen LogP contribution in [0.3, 0.4) is 0 Å². The molecule has 14 rings (SSSR count). The van der Waals surface area contributed by atoms with Crippen LogP contribution in [-0.2, 0) is 101 Å². The minimum absolute atomic E-state index is 0.0224. The minimum atomic E-state index is -4.45. The molecule has 0 bridgehead atoms. The largest absolute Gasteiger partial charge is 0.424 e. The fourth-order valence-corrected chi connectivity index (χ4v) is 15.7. The van der Waals surface area contributed by atoms with Crippen LogP contribution < -0.4 is 5.32 Å². The van der Waals surface area contributed by atoms with Gasteiger partial charge in [0.15, 0.2) is 0 Å². The Labute approximate surface area is 684 Å². The molecule has 1 N–H and O–H groups in total. The van der Waals surface area contributed by atoms with E-state index in [4.69, 9.17) is 29.1 Å². The van der Waals surface area contributed by atoms with Gasteiger partial charge in [-0.2, -0.15) is 36.5 Å². The van der Waals surface area contributed by atoms with Gasteiger partial charge in [-0.1, -0.05) is 100 Å². The highest BCUT2D eigenvalue weighted by Gasteiger charge is 2.46. The van der Waals surface area contributed by atoms with Crippen molar-refractivity contribution < 1.29 is 78.0 Å². The third kappa shape index (κ3) is 17.5. The number of hydrogen-bond donors (Lipinski definition) is 1. The van der Waals surface area contributed by atoms with Gasteiger partial charge in [0.25, 0.3) is 0 Å². The Morgan fingerprint density at radius 1 is 0.504 bits per heavy atom. The van der Waals surface area contributed by atoms with E-state index >= 15 is 8.78 Å². The van der Waals surface area contributed by atoms with Crippen LogP contribution in [0.2, 0.25) is 0 Å². The molecule has 0 atom stereocenters. The molecule has 27 heteroatoms. The molecular formula is C92H94F8N10O9. The number of aryl methyl sites for hydroxylation is 6. The second-order valence-electron chi connectivity index (χ2n) is 30.7. The predicted octanol–water partition coefficient (Wildman–Crippen LogP) is 20.0. The Bertz CT molecular complexity index is 5770. The summed E-state index contributed by atoms with van der Waals surface area (Å²) in [7, 11) is 7.64. The van der Waals surface area contributed by atoms with Crippen molar-refractivity contribution in [2.24, 2.45) is 0 Å². The number of ether oxygens (including phenoxy) is 4. The van der Waals surface area contributed by atoms with Crippen molar-refractivity contribution in [1.82, 2.24) is 48.7 Å². The first-order valence-corrected chi connectivity index (χ1v) is 39.1. The smallest absolute Gasteiger partial charge is 0.421 e. The summed E-state index contributed by atoms with van der Waals surface area (Å²) < 4.78 is 140. The van der Waals surface area contributed by atoms with Crippen molar-refractivity contribution in [3.8, 4) is 33.9 Å². The second kappa shape index (κ2) is 35.3. The number of esters is 2. The molecule has 4 aromatic heterocycles. The number of rotatable bonds is 21. The monoisotopic (exact) mass is 1630 g/mol. The van der Waals surface area contributed by atoms with Crippen molar-refractivity contribution in [1.29, 1.82) is 0 Å². The normalized spacial score (nSPS) is 13.7. The van der Waals surface area contributed by atoms with Crippen LogP contribution in [0.5, 0.6) is 0 Å². The summed E-state index contributed by atoms with van der Waals surface area (Å²) in [6, 6.07) is 41.7. The molecule has 0 saturated carbocycles. The van der Waals surface area contributed by atoms with Crippen LogP contribution >= 0.6 is 0 Å². The first-order valence-electron chi connectivity index (χ1n) is 39.1. The van der Waals surface area contributed by atoms with E-state index in [1.54, 1.807) is 50.2 Å². The van der Waals surface area contributed by atoms with E-state index in [1.807, 2.05) is 94.4 Å². The van der Waals surface area contributed by atoms with Crippen LogP contribution in [-0.4, -0.2) is 116 Å². The molecule has 0 fully saturated rings. The van der Waals surface area contributed by atoms with Gasteiger partial charge >= 0.3 is 36.5 Å². The quantitative estimate of drug-likeness (QED) is 0.0309. The average Bonchev–Trinajstić information content (AvgIpc) is 1.56. The van der Waals surface area contributed by atoms with Crippen molar-refractivity contribution in [2.75, 3.05) is 41.8 Å². The summed E-state index contributed by atoms with van der Waals surface area (Å²) in [4.78, 5) is 69.4. The van der Waals surface area contributed by atoms with Crippen LogP contribution in [0.15, 0.2) is 170 Å². The number of nitrogens with one attached hydrogen (secondary N) is 1. The van der Waals surface area contributed by atoms with Gasteiger partial charge in [0, 0.05) is 83.7 Å². The van der Waals surface area contributed by atoms with E-state index in [0.29, 0.717) is 102 Å². The molecule has 0 spiro atoms. The number of aromatic nitrogens is 6. The molecule has 2 aliphatic rings. The summed E-state index contributed by atoms with van der Waals surface area (Å²) in [6.45, 7) is 20.6. The fraction of sp³-hybridized carbons (Fsp3) is 0.315. The molecule has 119 heavy (non-hydrogen) atoms. The fourth-order valence-electron chi connectivity index (χ4n) is 15.7. The average molecular weight is 1640 g/mol. The van der Waals surface area contributed by atoms with Gasteiger partial charge in [-0.3, -0.25) is 14.6 Å². The number of carbonyl (C=O) groups is 5. The Balaban J connectivity index is 0.000000212. The number of para-hydroxylation sites is 2.